The number of hydrogen-bond acceptors (Lipinski definition) is 3. The van der Waals surface area contributed by atoms with Gasteiger partial charge in [-0.05, 0) is 38.1 Å². The van der Waals surface area contributed by atoms with E-state index in [-0.39, 0.29) is 12.1 Å². The van der Waals surface area contributed by atoms with E-state index in [9.17, 15) is 0 Å². The highest BCUT2D eigenvalue weighted by atomic mass is 35.5. The quantitative estimate of drug-likeness (QED) is 0.889. The Morgan fingerprint density at radius 1 is 1.33 bits per heavy atom. The lowest BCUT2D eigenvalue weighted by molar-refractivity contribution is -0.0558. The minimum absolute atomic E-state index is 0.123. The van der Waals surface area contributed by atoms with Crippen molar-refractivity contribution in [1.82, 2.24) is 10.2 Å². The van der Waals surface area contributed by atoms with Crippen LogP contribution in [-0.4, -0.2) is 43.3 Å². The maximum Gasteiger partial charge on any atom is 0.0897 e. The summed E-state index contributed by atoms with van der Waals surface area (Å²) in [4.78, 5) is 2.45. The monoisotopic (exact) mass is 330 g/mol. The summed E-state index contributed by atoms with van der Waals surface area (Å²) in [5.41, 5.74) is 1.13. The van der Waals surface area contributed by atoms with E-state index in [1.807, 2.05) is 18.2 Å². The summed E-state index contributed by atoms with van der Waals surface area (Å²) >= 11 is 12.2. The smallest absolute Gasteiger partial charge is 0.0897 e. The molecule has 0 aliphatic carbocycles. The van der Waals surface area contributed by atoms with Gasteiger partial charge in [-0.15, -0.1) is 0 Å². The molecule has 1 aromatic rings. The van der Waals surface area contributed by atoms with Crippen molar-refractivity contribution in [2.24, 2.45) is 0 Å². The van der Waals surface area contributed by atoms with Crippen molar-refractivity contribution in [3.63, 3.8) is 0 Å². The van der Waals surface area contributed by atoms with Crippen LogP contribution >= 0.6 is 23.2 Å². The average molecular weight is 331 g/mol. The number of benzene rings is 1. The number of hydrogen-bond donors (Lipinski definition) is 1. The third-order valence-electron chi connectivity index (χ3n) is 3.95. The topological polar surface area (TPSA) is 24.5 Å². The first-order valence-corrected chi connectivity index (χ1v) is 8.32. The third kappa shape index (κ3) is 4.33. The van der Waals surface area contributed by atoms with Crippen LogP contribution in [0.25, 0.3) is 0 Å². The third-order valence-corrected chi connectivity index (χ3v) is 4.69. The first-order chi connectivity index (χ1) is 10.0. The standard InChI is InChI=1S/C16H24Cl2N2O/c1-4-19-16(12-5-6-13(17)14(18)9-12)15-10-20(11(2)3)7-8-21-15/h5-6,9,11,15-16,19H,4,7-8,10H2,1-3H3. The fourth-order valence-electron chi connectivity index (χ4n) is 2.76. The number of likely N-dealkylation sites (N-methyl/N-ethyl adjacent to an activating group) is 1. The molecule has 2 unspecified atom stereocenters. The van der Waals surface area contributed by atoms with Crippen molar-refractivity contribution in [1.29, 1.82) is 0 Å². The zero-order valence-electron chi connectivity index (χ0n) is 12.9. The highest BCUT2D eigenvalue weighted by Gasteiger charge is 2.30. The Bertz CT molecular complexity index is 468. The molecule has 1 aliphatic rings. The van der Waals surface area contributed by atoms with Gasteiger partial charge < -0.3 is 10.1 Å². The van der Waals surface area contributed by atoms with E-state index in [2.05, 4.69) is 31.0 Å². The number of halogens is 2. The molecule has 2 rings (SSSR count). The molecule has 5 heteroatoms. The second kappa shape index (κ2) is 7.80. The van der Waals surface area contributed by atoms with Crippen molar-refractivity contribution in [2.45, 2.75) is 39.0 Å². The largest absolute Gasteiger partial charge is 0.374 e. The molecule has 1 saturated heterocycles. The van der Waals surface area contributed by atoms with E-state index in [1.165, 1.54) is 0 Å². The summed E-state index contributed by atoms with van der Waals surface area (Å²) in [6, 6.07) is 6.49. The minimum Gasteiger partial charge on any atom is -0.374 e. The summed E-state index contributed by atoms with van der Waals surface area (Å²) in [7, 11) is 0. The number of nitrogens with one attached hydrogen (secondary N) is 1. The van der Waals surface area contributed by atoms with Crippen LogP contribution in [0.2, 0.25) is 10.0 Å². The zero-order chi connectivity index (χ0) is 15.4. The Kier molecular flexibility index (Phi) is 6.33. The maximum absolute atomic E-state index is 6.17. The molecule has 3 nitrogen and oxygen atoms in total. The Hall–Kier alpha value is -0.320. The SMILES string of the molecule is CCNC(c1ccc(Cl)c(Cl)c1)C1CN(C(C)C)CCO1. The lowest BCUT2D eigenvalue weighted by Gasteiger charge is -2.39. The minimum atomic E-state index is 0.123. The molecule has 0 saturated carbocycles. The van der Waals surface area contributed by atoms with Gasteiger partial charge in [0.1, 0.15) is 0 Å². The van der Waals surface area contributed by atoms with E-state index in [0.29, 0.717) is 16.1 Å². The van der Waals surface area contributed by atoms with Gasteiger partial charge in [0, 0.05) is 19.1 Å². The van der Waals surface area contributed by atoms with Crippen molar-refractivity contribution >= 4 is 23.2 Å². The lowest BCUT2D eigenvalue weighted by Crippen LogP contribution is -2.50. The molecule has 1 aromatic carbocycles. The Morgan fingerprint density at radius 3 is 2.71 bits per heavy atom. The number of morpholine rings is 1. The van der Waals surface area contributed by atoms with Crippen LogP contribution in [0.1, 0.15) is 32.4 Å². The molecule has 0 amide bonds. The Labute approximate surface area is 137 Å². The first-order valence-electron chi connectivity index (χ1n) is 7.57. The predicted molar refractivity (Wildman–Crippen MR) is 89.3 cm³/mol. The Balaban J connectivity index is 2.19. The maximum atomic E-state index is 6.17. The highest BCUT2D eigenvalue weighted by molar-refractivity contribution is 6.42. The van der Waals surface area contributed by atoms with Crippen LogP contribution in [-0.2, 0) is 4.74 Å². The van der Waals surface area contributed by atoms with Crippen LogP contribution in [0.15, 0.2) is 18.2 Å². The van der Waals surface area contributed by atoms with Crippen molar-refractivity contribution < 1.29 is 4.74 Å². The van der Waals surface area contributed by atoms with Crippen LogP contribution in [0.3, 0.4) is 0 Å². The molecule has 1 heterocycles. The van der Waals surface area contributed by atoms with Gasteiger partial charge in [-0.2, -0.15) is 0 Å². The van der Waals surface area contributed by atoms with E-state index in [0.717, 1.165) is 31.8 Å². The highest BCUT2D eigenvalue weighted by Crippen LogP contribution is 2.29. The zero-order valence-corrected chi connectivity index (χ0v) is 14.4. The Morgan fingerprint density at radius 2 is 2.10 bits per heavy atom. The van der Waals surface area contributed by atoms with Crippen LogP contribution < -0.4 is 5.32 Å². The summed E-state index contributed by atoms with van der Waals surface area (Å²) in [6.45, 7) is 10.1. The lowest BCUT2D eigenvalue weighted by atomic mass is 9.99. The molecule has 118 valence electrons. The van der Waals surface area contributed by atoms with E-state index < -0.39 is 0 Å². The molecule has 21 heavy (non-hydrogen) atoms. The number of ether oxygens (including phenoxy) is 1. The average Bonchev–Trinajstić information content (AvgIpc) is 2.48. The molecular formula is C16H24Cl2N2O. The summed E-state index contributed by atoms with van der Waals surface area (Å²) in [5.74, 6) is 0. The van der Waals surface area contributed by atoms with Crippen LogP contribution in [0.5, 0.6) is 0 Å². The van der Waals surface area contributed by atoms with Gasteiger partial charge in [-0.25, -0.2) is 0 Å². The van der Waals surface area contributed by atoms with Crippen LogP contribution in [0.4, 0.5) is 0 Å². The summed E-state index contributed by atoms with van der Waals surface area (Å²) in [6.07, 6.45) is 0.123. The van der Waals surface area contributed by atoms with Gasteiger partial charge in [-0.1, -0.05) is 36.2 Å². The summed E-state index contributed by atoms with van der Waals surface area (Å²) < 4.78 is 6.02. The number of nitrogens with zero attached hydrogens (tertiary/aromatic N) is 1. The van der Waals surface area contributed by atoms with Gasteiger partial charge in [-0.3, -0.25) is 4.90 Å². The molecule has 1 fully saturated rings. The predicted octanol–water partition coefficient (Wildman–Crippen LogP) is 3.75. The van der Waals surface area contributed by atoms with Gasteiger partial charge in [0.25, 0.3) is 0 Å². The first kappa shape index (κ1) is 17.0. The molecule has 2 atom stereocenters. The molecular weight excluding hydrogens is 307 g/mol. The molecule has 0 radical (unpaired) electrons. The molecule has 0 bridgehead atoms. The molecule has 0 aromatic heterocycles. The summed E-state index contributed by atoms with van der Waals surface area (Å²) in [5, 5.41) is 4.70. The molecule has 1 N–H and O–H groups in total. The van der Waals surface area contributed by atoms with E-state index >= 15 is 0 Å². The van der Waals surface area contributed by atoms with Crippen molar-refractivity contribution in [3.05, 3.63) is 33.8 Å². The van der Waals surface area contributed by atoms with E-state index in [1.54, 1.807) is 0 Å². The van der Waals surface area contributed by atoms with Gasteiger partial charge in [0.05, 0.1) is 28.8 Å². The van der Waals surface area contributed by atoms with Gasteiger partial charge in [0.15, 0.2) is 0 Å². The van der Waals surface area contributed by atoms with Crippen molar-refractivity contribution in [2.75, 3.05) is 26.2 Å². The fraction of sp³-hybridized carbons (Fsp3) is 0.625. The van der Waals surface area contributed by atoms with Crippen molar-refractivity contribution in [3.8, 4) is 0 Å². The molecule has 0 spiro atoms. The van der Waals surface area contributed by atoms with Crippen LogP contribution in [0, 0.1) is 0 Å². The molecule has 1 aliphatic heterocycles. The van der Waals surface area contributed by atoms with Gasteiger partial charge >= 0.3 is 0 Å². The fourth-order valence-corrected chi connectivity index (χ4v) is 3.06. The van der Waals surface area contributed by atoms with E-state index in [4.69, 9.17) is 27.9 Å². The second-order valence-corrected chi connectivity index (χ2v) is 6.52. The van der Waals surface area contributed by atoms with Gasteiger partial charge in [0.2, 0.25) is 0 Å². The number of rotatable bonds is 5. The second-order valence-electron chi connectivity index (χ2n) is 5.71. The normalized spacial score (nSPS) is 21.7.